The summed E-state index contributed by atoms with van der Waals surface area (Å²) in [4.78, 5) is 45.2. The molecule has 10 nitrogen and oxygen atoms in total. The zero-order chi connectivity index (χ0) is 26.5. The van der Waals surface area contributed by atoms with Crippen LogP contribution >= 0.6 is 11.6 Å². The number of aryl methyl sites for hydroxylation is 1. The van der Waals surface area contributed by atoms with Crippen LogP contribution in [-0.2, 0) is 13.1 Å². The number of carbonyl (C=O) groups is 1. The Labute approximate surface area is 216 Å². The lowest BCUT2D eigenvalue weighted by Crippen LogP contribution is -2.42. The lowest BCUT2D eigenvalue weighted by molar-refractivity contribution is 0.0696. The first kappa shape index (κ1) is 25.6. The van der Waals surface area contributed by atoms with Crippen LogP contribution in [0.25, 0.3) is 0 Å². The summed E-state index contributed by atoms with van der Waals surface area (Å²) in [6.45, 7) is 4.12. The largest absolute Gasteiger partial charge is 0.478 e. The number of aromatic nitrogens is 4. The minimum absolute atomic E-state index is 0.0588. The van der Waals surface area contributed by atoms with E-state index in [-0.39, 0.29) is 30.5 Å². The number of ether oxygens (including phenoxy) is 1. The average Bonchev–Trinajstić information content (AvgIpc) is 2.87. The molecule has 0 aliphatic heterocycles. The van der Waals surface area contributed by atoms with E-state index in [1.807, 2.05) is 6.92 Å². The van der Waals surface area contributed by atoms with Crippen LogP contribution in [-0.4, -0.2) is 30.2 Å². The van der Waals surface area contributed by atoms with Crippen molar-refractivity contribution in [2.24, 2.45) is 0 Å². The number of benzene rings is 2. The number of carboxylic acid groups (broad SMARTS) is 1. The van der Waals surface area contributed by atoms with E-state index in [9.17, 15) is 14.4 Å². The van der Waals surface area contributed by atoms with Gasteiger partial charge in [0.2, 0.25) is 11.8 Å². The Bertz CT molecular complexity index is 1560. The van der Waals surface area contributed by atoms with Crippen LogP contribution in [0.5, 0.6) is 11.6 Å². The molecule has 2 N–H and O–H groups in total. The number of hydrogen-bond donors (Lipinski definition) is 2. The fourth-order valence-electron chi connectivity index (χ4n) is 3.64. The highest BCUT2D eigenvalue weighted by Gasteiger charge is 2.15. The van der Waals surface area contributed by atoms with Crippen LogP contribution < -0.4 is 21.4 Å². The van der Waals surface area contributed by atoms with E-state index >= 15 is 0 Å². The summed E-state index contributed by atoms with van der Waals surface area (Å²) >= 11 is 5.99. The van der Waals surface area contributed by atoms with Crippen molar-refractivity contribution < 1.29 is 14.6 Å². The number of rotatable bonds is 9. The Morgan fingerprint density at radius 1 is 1.08 bits per heavy atom. The van der Waals surface area contributed by atoms with Crippen molar-refractivity contribution in [2.75, 3.05) is 5.32 Å². The molecule has 2 aromatic carbocycles. The lowest BCUT2D eigenvalue weighted by Gasteiger charge is -2.16. The van der Waals surface area contributed by atoms with Gasteiger partial charge in [-0.05, 0) is 60.9 Å². The van der Waals surface area contributed by atoms with Gasteiger partial charge in [-0.1, -0.05) is 30.7 Å². The number of nitrogens with zero attached hydrogens (tertiary/aromatic N) is 4. The Kier molecular flexibility index (Phi) is 7.69. The number of anilines is 2. The minimum Gasteiger partial charge on any atom is -0.478 e. The SMILES string of the molecule is CCCn1c(=O)nc(Nc2ccc(Oc3cc(C(=O)O)ccn3)c(C)c2)n(Cc2ccc(Cl)cc2)c1=O. The smallest absolute Gasteiger partial charge is 0.354 e. The Hall–Kier alpha value is -4.44. The lowest BCUT2D eigenvalue weighted by atomic mass is 10.2. The van der Waals surface area contributed by atoms with Gasteiger partial charge in [-0.2, -0.15) is 4.98 Å². The molecule has 0 bridgehead atoms. The van der Waals surface area contributed by atoms with Crippen molar-refractivity contribution in [3.63, 3.8) is 0 Å². The van der Waals surface area contributed by atoms with E-state index in [4.69, 9.17) is 21.4 Å². The molecule has 0 amide bonds. The van der Waals surface area contributed by atoms with E-state index in [2.05, 4.69) is 15.3 Å². The highest BCUT2D eigenvalue weighted by atomic mass is 35.5. The highest BCUT2D eigenvalue weighted by molar-refractivity contribution is 6.30. The molecule has 0 atom stereocenters. The van der Waals surface area contributed by atoms with E-state index in [0.29, 0.717) is 28.4 Å². The third-order valence-electron chi connectivity index (χ3n) is 5.48. The molecule has 0 spiro atoms. The van der Waals surface area contributed by atoms with Crippen molar-refractivity contribution in [1.82, 2.24) is 19.1 Å². The Morgan fingerprint density at radius 3 is 2.51 bits per heavy atom. The van der Waals surface area contributed by atoms with Crippen LogP contribution in [0.15, 0.2) is 70.4 Å². The number of nitrogens with one attached hydrogen (secondary N) is 1. The summed E-state index contributed by atoms with van der Waals surface area (Å²) in [6, 6.07) is 14.9. The van der Waals surface area contributed by atoms with Crippen LogP contribution in [0, 0.1) is 6.92 Å². The van der Waals surface area contributed by atoms with Gasteiger partial charge in [0.15, 0.2) is 0 Å². The zero-order valence-electron chi connectivity index (χ0n) is 20.1. The molecule has 0 radical (unpaired) electrons. The normalized spacial score (nSPS) is 10.8. The topological polar surface area (TPSA) is 128 Å². The van der Waals surface area contributed by atoms with E-state index in [1.165, 1.54) is 22.9 Å². The minimum atomic E-state index is -1.08. The standard InChI is InChI=1S/C26H24ClN5O5/c1-3-12-31-25(35)30-24(32(26(31)36)15-17-4-6-19(27)7-5-17)29-20-8-9-21(16(2)13-20)37-22-14-18(23(33)34)10-11-28-22/h4-11,13-14H,3,12,15H2,1-2H3,(H,33,34)(H,29,30,35). The molecule has 190 valence electrons. The summed E-state index contributed by atoms with van der Waals surface area (Å²) < 4.78 is 8.28. The first-order chi connectivity index (χ1) is 17.7. The second-order valence-electron chi connectivity index (χ2n) is 8.26. The number of halogens is 1. The Balaban J connectivity index is 1.65. The van der Waals surface area contributed by atoms with Gasteiger partial charge >= 0.3 is 17.3 Å². The summed E-state index contributed by atoms with van der Waals surface area (Å²) in [5.74, 6) is -0.380. The maximum Gasteiger partial charge on any atom is 0.354 e. The van der Waals surface area contributed by atoms with Crippen molar-refractivity contribution in [3.05, 3.63) is 103 Å². The molecule has 0 aliphatic carbocycles. The number of hydrogen-bond acceptors (Lipinski definition) is 7. The number of aromatic carboxylic acids is 1. The number of pyridine rings is 1. The first-order valence-corrected chi connectivity index (χ1v) is 11.8. The van der Waals surface area contributed by atoms with Crippen LogP contribution in [0.4, 0.5) is 11.6 Å². The monoisotopic (exact) mass is 521 g/mol. The van der Waals surface area contributed by atoms with Gasteiger partial charge in [-0.3, -0.25) is 4.57 Å². The second-order valence-corrected chi connectivity index (χ2v) is 8.70. The molecule has 0 fully saturated rings. The van der Waals surface area contributed by atoms with Crippen molar-refractivity contribution >= 4 is 29.2 Å². The molecule has 0 unspecified atom stereocenters. The van der Waals surface area contributed by atoms with Crippen molar-refractivity contribution in [2.45, 2.75) is 33.4 Å². The second kappa shape index (κ2) is 11.1. The van der Waals surface area contributed by atoms with Gasteiger partial charge in [0.25, 0.3) is 0 Å². The molecule has 4 aromatic rings. The Morgan fingerprint density at radius 2 is 1.84 bits per heavy atom. The van der Waals surface area contributed by atoms with Gasteiger partial charge in [0, 0.05) is 29.5 Å². The van der Waals surface area contributed by atoms with Gasteiger partial charge in [0.1, 0.15) is 5.75 Å². The quantitative estimate of drug-likeness (QED) is 0.330. The molecule has 37 heavy (non-hydrogen) atoms. The molecular weight excluding hydrogens is 498 g/mol. The molecule has 0 aliphatic rings. The third-order valence-corrected chi connectivity index (χ3v) is 5.73. The fraction of sp³-hybridized carbons (Fsp3) is 0.192. The van der Waals surface area contributed by atoms with E-state index < -0.39 is 17.3 Å². The molecule has 2 aromatic heterocycles. The molecule has 11 heteroatoms. The summed E-state index contributed by atoms with van der Waals surface area (Å²) in [5.41, 5.74) is 1.04. The van der Waals surface area contributed by atoms with Crippen molar-refractivity contribution in [1.29, 1.82) is 0 Å². The molecule has 0 saturated heterocycles. The third kappa shape index (κ3) is 6.04. The highest BCUT2D eigenvalue weighted by Crippen LogP contribution is 2.27. The van der Waals surface area contributed by atoms with E-state index in [1.54, 1.807) is 49.4 Å². The van der Waals surface area contributed by atoms with Crippen LogP contribution in [0.1, 0.15) is 34.8 Å². The van der Waals surface area contributed by atoms with Crippen LogP contribution in [0.3, 0.4) is 0 Å². The fourth-order valence-corrected chi connectivity index (χ4v) is 3.76. The molecule has 4 rings (SSSR count). The summed E-state index contributed by atoms with van der Waals surface area (Å²) in [5, 5.41) is 12.8. The molecular formula is C26H24ClN5O5. The van der Waals surface area contributed by atoms with Crippen molar-refractivity contribution in [3.8, 4) is 11.6 Å². The summed E-state index contributed by atoms with van der Waals surface area (Å²) in [7, 11) is 0. The first-order valence-electron chi connectivity index (χ1n) is 11.5. The molecule has 0 saturated carbocycles. The summed E-state index contributed by atoms with van der Waals surface area (Å²) in [6.07, 6.45) is 1.96. The predicted molar refractivity (Wildman–Crippen MR) is 139 cm³/mol. The number of carboxylic acids is 1. The van der Waals surface area contributed by atoms with Gasteiger partial charge in [0.05, 0.1) is 12.1 Å². The predicted octanol–water partition coefficient (Wildman–Crippen LogP) is 4.45. The maximum absolute atomic E-state index is 13.2. The van der Waals surface area contributed by atoms with Gasteiger partial charge < -0.3 is 15.2 Å². The van der Waals surface area contributed by atoms with Crippen LogP contribution in [0.2, 0.25) is 5.02 Å². The average molecular weight is 522 g/mol. The maximum atomic E-state index is 13.2. The van der Waals surface area contributed by atoms with E-state index in [0.717, 1.165) is 10.1 Å². The van der Waals surface area contributed by atoms with Gasteiger partial charge in [-0.25, -0.2) is 23.9 Å². The van der Waals surface area contributed by atoms with Gasteiger partial charge in [-0.15, -0.1) is 0 Å². The zero-order valence-corrected chi connectivity index (χ0v) is 20.9. The molecule has 2 heterocycles.